The van der Waals surface area contributed by atoms with E-state index in [-0.39, 0.29) is 0 Å². The lowest BCUT2D eigenvalue weighted by Gasteiger charge is -2.30. The molecule has 0 atom stereocenters. The van der Waals surface area contributed by atoms with Gasteiger partial charge in [-0.1, -0.05) is 91.0 Å². The van der Waals surface area contributed by atoms with Crippen LogP contribution < -0.4 is 0 Å². The highest BCUT2D eigenvalue weighted by atomic mass is 16.3. The van der Waals surface area contributed by atoms with Crippen molar-refractivity contribution in [1.29, 1.82) is 0 Å². The lowest BCUT2D eigenvalue weighted by molar-refractivity contribution is 0.0753. The zero-order chi connectivity index (χ0) is 28.7. The molecule has 0 radical (unpaired) electrons. The normalized spacial score (nSPS) is 12.8. The van der Waals surface area contributed by atoms with E-state index in [4.69, 9.17) is 0 Å². The number of aryl methyl sites for hydroxylation is 1. The predicted octanol–water partition coefficient (Wildman–Crippen LogP) is 9.83. The minimum Gasteiger partial charge on any atom is -0.386 e. The molecule has 0 aliphatic rings. The second-order valence-electron chi connectivity index (χ2n) is 12.5. The molecule has 41 heavy (non-hydrogen) atoms. The lowest BCUT2D eigenvalue weighted by atomic mass is 9.78. The summed E-state index contributed by atoms with van der Waals surface area (Å²) in [7, 11) is 0. The molecule has 7 aromatic rings. The van der Waals surface area contributed by atoms with Gasteiger partial charge in [0.05, 0.1) is 11.2 Å². The third kappa shape index (κ3) is 4.01. The smallest absolute Gasteiger partial charge is 0.0846 e. The highest BCUT2D eigenvalue weighted by molar-refractivity contribution is 6.25. The summed E-state index contributed by atoms with van der Waals surface area (Å²) in [5.41, 5.74) is 4.63. The molecule has 0 saturated heterocycles. The van der Waals surface area contributed by atoms with Gasteiger partial charge in [0.15, 0.2) is 0 Å². The van der Waals surface area contributed by atoms with Gasteiger partial charge in [0.25, 0.3) is 0 Å². The van der Waals surface area contributed by atoms with Crippen LogP contribution in [-0.2, 0) is 11.2 Å². The maximum atomic E-state index is 11.6. The van der Waals surface area contributed by atoms with Crippen molar-refractivity contribution in [3.8, 4) is 22.3 Å². The van der Waals surface area contributed by atoms with Crippen molar-refractivity contribution in [2.45, 2.75) is 45.8 Å². The Morgan fingerprint density at radius 1 is 0.439 bits per heavy atom. The van der Waals surface area contributed by atoms with Crippen molar-refractivity contribution in [3.63, 3.8) is 0 Å². The SMILES string of the molecule is Cc1ccc(-c2cc(C(C)(C)O)c(-c3ccc4ccc5cccc6ccc3c4c56)cc2C(C)(C)O)c2ccccc12. The zero-order valence-electron chi connectivity index (χ0n) is 24.2. The van der Waals surface area contributed by atoms with Crippen molar-refractivity contribution >= 4 is 43.1 Å². The molecule has 2 heteroatoms. The fraction of sp³-hybridized carbons (Fsp3) is 0.179. The van der Waals surface area contributed by atoms with Gasteiger partial charge in [-0.05, 0) is 129 Å². The van der Waals surface area contributed by atoms with E-state index in [1.54, 1.807) is 0 Å². The first-order valence-corrected chi connectivity index (χ1v) is 14.3. The second-order valence-corrected chi connectivity index (χ2v) is 12.5. The quantitative estimate of drug-likeness (QED) is 0.221. The molecule has 0 aliphatic carbocycles. The average Bonchev–Trinajstić information content (AvgIpc) is 2.95. The summed E-state index contributed by atoms with van der Waals surface area (Å²) in [4.78, 5) is 0. The van der Waals surface area contributed by atoms with Gasteiger partial charge in [-0.15, -0.1) is 0 Å². The van der Waals surface area contributed by atoms with Crippen LogP contribution in [0, 0.1) is 6.92 Å². The Morgan fingerprint density at radius 3 is 1.54 bits per heavy atom. The maximum Gasteiger partial charge on any atom is 0.0846 e. The van der Waals surface area contributed by atoms with E-state index in [0.29, 0.717) is 0 Å². The van der Waals surface area contributed by atoms with Crippen molar-refractivity contribution < 1.29 is 10.2 Å². The third-order valence-corrected chi connectivity index (χ3v) is 8.73. The summed E-state index contributed by atoms with van der Waals surface area (Å²) in [6, 6.07) is 36.5. The Morgan fingerprint density at radius 2 is 0.927 bits per heavy atom. The van der Waals surface area contributed by atoms with E-state index in [1.165, 1.54) is 37.9 Å². The first-order valence-electron chi connectivity index (χ1n) is 14.3. The van der Waals surface area contributed by atoms with E-state index in [1.807, 2.05) is 27.7 Å². The van der Waals surface area contributed by atoms with Crippen molar-refractivity contribution in [2.75, 3.05) is 0 Å². The van der Waals surface area contributed by atoms with E-state index in [0.717, 1.165) is 44.2 Å². The maximum absolute atomic E-state index is 11.6. The molecule has 7 aromatic carbocycles. The van der Waals surface area contributed by atoms with Crippen LogP contribution >= 0.6 is 0 Å². The molecule has 0 unspecified atom stereocenters. The van der Waals surface area contributed by atoms with E-state index in [2.05, 4.69) is 110 Å². The van der Waals surface area contributed by atoms with Crippen LogP contribution in [0.15, 0.2) is 103 Å². The summed E-state index contributed by atoms with van der Waals surface area (Å²) in [6.45, 7) is 9.52. The largest absolute Gasteiger partial charge is 0.386 e. The van der Waals surface area contributed by atoms with Crippen LogP contribution in [0.1, 0.15) is 44.4 Å². The molecule has 2 nitrogen and oxygen atoms in total. The van der Waals surface area contributed by atoms with Crippen LogP contribution in [0.25, 0.3) is 65.3 Å². The molecule has 0 aromatic heterocycles. The highest BCUT2D eigenvalue weighted by Gasteiger charge is 2.29. The summed E-state index contributed by atoms with van der Waals surface area (Å²) in [6.07, 6.45) is 0. The molecule has 0 saturated carbocycles. The Labute approximate surface area is 240 Å². The Bertz CT molecular complexity index is 2100. The van der Waals surface area contributed by atoms with Crippen LogP contribution in [-0.4, -0.2) is 10.2 Å². The summed E-state index contributed by atoms with van der Waals surface area (Å²) in [5.74, 6) is 0. The van der Waals surface area contributed by atoms with Gasteiger partial charge in [0.2, 0.25) is 0 Å². The molecule has 0 fully saturated rings. The molecule has 2 N–H and O–H groups in total. The van der Waals surface area contributed by atoms with E-state index in [9.17, 15) is 10.2 Å². The number of rotatable bonds is 4. The first kappa shape index (κ1) is 25.7. The number of aliphatic hydroxyl groups is 2. The molecule has 0 heterocycles. The molecule has 7 rings (SSSR count). The summed E-state index contributed by atoms with van der Waals surface area (Å²) < 4.78 is 0. The van der Waals surface area contributed by atoms with E-state index >= 15 is 0 Å². The second kappa shape index (κ2) is 8.88. The zero-order valence-corrected chi connectivity index (χ0v) is 24.2. The van der Waals surface area contributed by atoms with Crippen molar-refractivity contribution in [3.05, 3.63) is 120 Å². The van der Waals surface area contributed by atoms with Gasteiger partial charge in [-0.25, -0.2) is 0 Å². The Balaban J connectivity index is 1.60. The third-order valence-electron chi connectivity index (χ3n) is 8.73. The van der Waals surface area contributed by atoms with Gasteiger partial charge in [-0.2, -0.15) is 0 Å². The molecular formula is C39H34O2. The molecule has 0 spiro atoms. The predicted molar refractivity (Wildman–Crippen MR) is 174 cm³/mol. The Kier molecular flexibility index (Phi) is 5.57. The lowest BCUT2D eigenvalue weighted by Crippen LogP contribution is -2.21. The van der Waals surface area contributed by atoms with Crippen LogP contribution in [0.2, 0.25) is 0 Å². The molecule has 0 aliphatic heterocycles. The van der Waals surface area contributed by atoms with E-state index < -0.39 is 11.2 Å². The molecule has 202 valence electrons. The highest BCUT2D eigenvalue weighted by Crippen LogP contribution is 2.46. The first-order chi connectivity index (χ1) is 19.5. The monoisotopic (exact) mass is 534 g/mol. The summed E-state index contributed by atoms with van der Waals surface area (Å²) in [5, 5.41) is 32.8. The number of hydrogen-bond donors (Lipinski definition) is 2. The topological polar surface area (TPSA) is 40.5 Å². The van der Waals surface area contributed by atoms with Crippen molar-refractivity contribution in [1.82, 2.24) is 0 Å². The van der Waals surface area contributed by atoms with Gasteiger partial charge in [0.1, 0.15) is 0 Å². The van der Waals surface area contributed by atoms with Crippen LogP contribution in [0.5, 0.6) is 0 Å². The van der Waals surface area contributed by atoms with Gasteiger partial charge < -0.3 is 10.2 Å². The van der Waals surface area contributed by atoms with Crippen LogP contribution in [0.3, 0.4) is 0 Å². The van der Waals surface area contributed by atoms with Crippen LogP contribution in [0.4, 0.5) is 0 Å². The minimum atomic E-state index is -1.12. The fourth-order valence-corrected chi connectivity index (χ4v) is 6.71. The fourth-order valence-electron chi connectivity index (χ4n) is 6.71. The minimum absolute atomic E-state index is 0.834. The standard InChI is InChI=1S/C39H34O2/c1-23-13-18-29(28-12-7-6-11-27(23)28)32-21-35(39(4,5)41)33(22-34(32)38(2,3)40)30-19-16-26-15-14-24-9-8-10-25-17-20-31(30)37(26)36(24)25/h6-22,40-41H,1-5H3. The van der Waals surface area contributed by atoms with Crippen molar-refractivity contribution in [2.24, 2.45) is 0 Å². The number of fused-ring (bicyclic) bond motifs is 1. The van der Waals surface area contributed by atoms with Gasteiger partial charge in [0, 0.05) is 0 Å². The molecular weight excluding hydrogens is 500 g/mol. The van der Waals surface area contributed by atoms with Gasteiger partial charge in [-0.3, -0.25) is 0 Å². The summed E-state index contributed by atoms with van der Waals surface area (Å²) >= 11 is 0. The number of benzene rings is 7. The Hall–Kier alpha value is -4.24. The van der Waals surface area contributed by atoms with Gasteiger partial charge >= 0.3 is 0 Å². The number of hydrogen-bond acceptors (Lipinski definition) is 2. The molecule has 0 bridgehead atoms. The average molecular weight is 535 g/mol. The molecule has 0 amide bonds.